The molecule has 0 bridgehead atoms. The lowest BCUT2D eigenvalue weighted by Gasteiger charge is -2.24. The van der Waals surface area contributed by atoms with Crippen LogP contribution in [0.25, 0.3) is 22.2 Å². The Balaban J connectivity index is 2.05. The number of halogens is 3. The van der Waals surface area contributed by atoms with Crippen LogP contribution in [-0.2, 0) is 11.2 Å². The summed E-state index contributed by atoms with van der Waals surface area (Å²) in [7, 11) is 0. The van der Waals surface area contributed by atoms with Gasteiger partial charge in [0.25, 0.3) is 0 Å². The molecule has 0 unspecified atom stereocenters. The van der Waals surface area contributed by atoms with Gasteiger partial charge in [-0.25, -0.2) is 13.2 Å². The highest BCUT2D eigenvalue weighted by molar-refractivity contribution is 5.94. The van der Waals surface area contributed by atoms with Gasteiger partial charge >= 0.3 is 5.97 Å². The summed E-state index contributed by atoms with van der Waals surface area (Å²) in [6.45, 7) is 0. The number of H-pyrrole nitrogens is 1. The molecule has 0 aliphatic heterocycles. The largest absolute Gasteiger partial charge is 0.481 e. The zero-order valence-electron chi connectivity index (χ0n) is 12.4. The molecular formula is C18H12F3NO2. The van der Waals surface area contributed by atoms with Crippen molar-refractivity contribution in [2.75, 3.05) is 0 Å². The zero-order valence-corrected chi connectivity index (χ0v) is 12.4. The van der Waals surface area contributed by atoms with Crippen molar-refractivity contribution < 1.29 is 23.1 Å². The Morgan fingerprint density at radius 3 is 2.71 bits per heavy atom. The minimum absolute atomic E-state index is 0.133. The molecule has 0 spiro atoms. The van der Waals surface area contributed by atoms with E-state index < -0.39 is 29.3 Å². The average molecular weight is 331 g/mol. The summed E-state index contributed by atoms with van der Waals surface area (Å²) < 4.78 is 41.3. The Labute approximate surface area is 134 Å². The first-order valence-electron chi connectivity index (χ1n) is 7.45. The van der Waals surface area contributed by atoms with E-state index in [0.29, 0.717) is 34.2 Å². The van der Waals surface area contributed by atoms with Crippen LogP contribution in [0, 0.1) is 17.5 Å². The van der Waals surface area contributed by atoms with E-state index in [1.807, 2.05) is 0 Å². The molecule has 122 valence electrons. The highest BCUT2D eigenvalue weighted by atomic mass is 19.1. The molecule has 0 fully saturated rings. The number of nitrogens with one attached hydrogen (secondary N) is 1. The Morgan fingerprint density at radius 2 is 1.96 bits per heavy atom. The van der Waals surface area contributed by atoms with Gasteiger partial charge in [0.15, 0.2) is 0 Å². The lowest BCUT2D eigenvalue weighted by atomic mass is 9.79. The topological polar surface area (TPSA) is 53.1 Å². The Bertz CT molecular complexity index is 994. The maximum Gasteiger partial charge on any atom is 0.303 e. The van der Waals surface area contributed by atoms with E-state index in [2.05, 4.69) is 4.98 Å². The van der Waals surface area contributed by atoms with Gasteiger partial charge in [-0.2, -0.15) is 0 Å². The van der Waals surface area contributed by atoms with E-state index in [-0.39, 0.29) is 11.9 Å². The molecule has 0 radical (unpaired) electrons. The fraction of sp³-hybridized carbons (Fsp3) is 0.167. The van der Waals surface area contributed by atoms with E-state index in [1.54, 1.807) is 6.07 Å². The van der Waals surface area contributed by atoms with Crippen LogP contribution < -0.4 is 0 Å². The quantitative estimate of drug-likeness (QED) is 0.733. The number of hydrogen-bond donors (Lipinski definition) is 2. The van der Waals surface area contributed by atoms with E-state index in [1.165, 1.54) is 18.2 Å². The Morgan fingerprint density at radius 1 is 1.17 bits per heavy atom. The van der Waals surface area contributed by atoms with Crippen LogP contribution in [0.2, 0.25) is 0 Å². The van der Waals surface area contributed by atoms with Gasteiger partial charge < -0.3 is 10.1 Å². The lowest BCUT2D eigenvalue weighted by molar-refractivity contribution is -0.137. The summed E-state index contributed by atoms with van der Waals surface area (Å²) in [5, 5.41) is 9.52. The van der Waals surface area contributed by atoms with Crippen molar-refractivity contribution in [1.29, 1.82) is 0 Å². The van der Waals surface area contributed by atoms with Gasteiger partial charge in [0, 0.05) is 22.9 Å². The number of aliphatic carboxylic acids is 1. The van der Waals surface area contributed by atoms with Crippen molar-refractivity contribution >= 4 is 16.9 Å². The molecule has 1 atom stereocenters. The average Bonchev–Trinajstić information content (AvgIpc) is 2.86. The highest BCUT2D eigenvalue weighted by Crippen LogP contribution is 2.45. The monoisotopic (exact) mass is 331 g/mol. The second-order valence-corrected chi connectivity index (χ2v) is 6.02. The van der Waals surface area contributed by atoms with Crippen molar-refractivity contribution in [2.45, 2.75) is 18.8 Å². The molecule has 1 aromatic heterocycles. The van der Waals surface area contributed by atoms with Gasteiger partial charge in [0.2, 0.25) is 0 Å². The molecule has 4 rings (SSSR count). The van der Waals surface area contributed by atoms with Crippen LogP contribution in [0.1, 0.15) is 23.5 Å². The summed E-state index contributed by atoms with van der Waals surface area (Å²) in [4.78, 5) is 14.1. The molecule has 1 aliphatic carbocycles. The Hall–Kier alpha value is -2.76. The number of carboxylic acid groups (broad SMARTS) is 1. The second-order valence-electron chi connectivity index (χ2n) is 6.02. The number of aromatic amines is 1. The zero-order chi connectivity index (χ0) is 17.0. The summed E-state index contributed by atoms with van der Waals surface area (Å²) in [5.41, 5.74) is 2.58. The van der Waals surface area contributed by atoms with Crippen molar-refractivity contribution in [3.63, 3.8) is 0 Å². The van der Waals surface area contributed by atoms with Crippen LogP contribution >= 0.6 is 0 Å². The third-order valence-corrected chi connectivity index (χ3v) is 4.50. The first-order valence-corrected chi connectivity index (χ1v) is 7.45. The van der Waals surface area contributed by atoms with Crippen molar-refractivity contribution in [3.8, 4) is 11.3 Å². The number of hydrogen-bond acceptors (Lipinski definition) is 1. The smallest absolute Gasteiger partial charge is 0.303 e. The van der Waals surface area contributed by atoms with Crippen molar-refractivity contribution in [3.05, 3.63) is 58.9 Å². The van der Waals surface area contributed by atoms with E-state index in [9.17, 15) is 23.1 Å². The predicted molar refractivity (Wildman–Crippen MR) is 82.3 cm³/mol. The molecule has 2 N–H and O–H groups in total. The maximum absolute atomic E-state index is 14.1. The second kappa shape index (κ2) is 5.12. The molecule has 1 aliphatic rings. The fourth-order valence-corrected chi connectivity index (χ4v) is 3.60. The number of fused-ring (bicyclic) bond motifs is 5. The summed E-state index contributed by atoms with van der Waals surface area (Å²) in [6, 6.07) is 6.21. The molecule has 1 heterocycles. The minimum Gasteiger partial charge on any atom is -0.481 e. The van der Waals surface area contributed by atoms with Gasteiger partial charge in [0.05, 0.1) is 17.6 Å². The summed E-state index contributed by atoms with van der Waals surface area (Å²) >= 11 is 0. The lowest BCUT2D eigenvalue weighted by Crippen LogP contribution is -2.14. The first-order chi connectivity index (χ1) is 11.4. The van der Waals surface area contributed by atoms with Crippen LogP contribution in [0.4, 0.5) is 13.2 Å². The van der Waals surface area contributed by atoms with E-state index in [0.717, 1.165) is 6.07 Å². The molecule has 6 heteroatoms. The van der Waals surface area contributed by atoms with Gasteiger partial charge in [-0.05, 0) is 41.8 Å². The third-order valence-electron chi connectivity index (χ3n) is 4.50. The maximum atomic E-state index is 14.1. The van der Waals surface area contributed by atoms with Crippen molar-refractivity contribution in [1.82, 2.24) is 4.98 Å². The standard InChI is InChI=1S/C18H12F3NO2/c19-10-1-2-12-8(4-10)3-9(5-15(23)24)16-13-6-11(20)7-14(21)17(13)22-18(12)16/h1-2,4,6-7,9,22H,3,5H2,(H,23,24)/t9-/m0/s1. The summed E-state index contributed by atoms with van der Waals surface area (Å²) in [6.07, 6.45) is 0.103. The highest BCUT2D eigenvalue weighted by Gasteiger charge is 2.31. The first kappa shape index (κ1) is 14.8. The van der Waals surface area contributed by atoms with E-state index >= 15 is 0 Å². The van der Waals surface area contributed by atoms with Crippen LogP contribution in [0.5, 0.6) is 0 Å². The molecule has 3 aromatic rings. The molecule has 0 saturated carbocycles. The van der Waals surface area contributed by atoms with Gasteiger partial charge in [0.1, 0.15) is 17.5 Å². The Kier molecular flexibility index (Phi) is 3.16. The molecular weight excluding hydrogens is 319 g/mol. The molecule has 0 saturated heterocycles. The fourth-order valence-electron chi connectivity index (χ4n) is 3.60. The number of carboxylic acids is 1. The van der Waals surface area contributed by atoms with Crippen LogP contribution in [0.3, 0.4) is 0 Å². The molecule has 3 nitrogen and oxygen atoms in total. The number of benzene rings is 2. The molecule has 0 amide bonds. The van der Waals surface area contributed by atoms with Crippen LogP contribution in [-0.4, -0.2) is 16.1 Å². The third kappa shape index (κ3) is 2.18. The summed E-state index contributed by atoms with van der Waals surface area (Å²) in [5.74, 6) is -3.38. The van der Waals surface area contributed by atoms with Crippen LogP contribution in [0.15, 0.2) is 30.3 Å². The minimum atomic E-state index is -1.02. The van der Waals surface area contributed by atoms with E-state index in [4.69, 9.17) is 0 Å². The normalized spacial score (nSPS) is 16.0. The number of rotatable bonds is 2. The number of carbonyl (C=O) groups is 1. The van der Waals surface area contributed by atoms with Gasteiger partial charge in [-0.1, -0.05) is 0 Å². The van der Waals surface area contributed by atoms with Gasteiger partial charge in [-0.15, -0.1) is 0 Å². The van der Waals surface area contributed by atoms with Gasteiger partial charge in [-0.3, -0.25) is 4.79 Å². The van der Waals surface area contributed by atoms with Crippen molar-refractivity contribution in [2.24, 2.45) is 0 Å². The predicted octanol–water partition coefficient (Wildman–Crippen LogP) is 4.37. The molecule has 24 heavy (non-hydrogen) atoms. The number of aromatic nitrogens is 1. The SMILES string of the molecule is O=C(O)C[C@@H]1Cc2cc(F)ccc2-c2[nH]c3c(F)cc(F)cc3c21. The molecule has 2 aromatic carbocycles.